The van der Waals surface area contributed by atoms with Crippen molar-refractivity contribution in [1.29, 1.82) is 0 Å². The summed E-state index contributed by atoms with van der Waals surface area (Å²) in [5, 5.41) is 2.51. The molecule has 4 aromatic rings. The van der Waals surface area contributed by atoms with Crippen LogP contribution in [0.25, 0.3) is 33.1 Å². The summed E-state index contributed by atoms with van der Waals surface area (Å²) in [5.41, 5.74) is 4.50. The lowest BCUT2D eigenvalue weighted by atomic mass is 10.1. The van der Waals surface area contributed by atoms with Crippen LogP contribution in [0.1, 0.15) is 0 Å². The molecule has 0 radical (unpaired) electrons. The molecule has 0 bridgehead atoms. The van der Waals surface area contributed by atoms with Crippen LogP contribution >= 0.6 is 0 Å². The van der Waals surface area contributed by atoms with Crippen molar-refractivity contribution >= 4 is 21.8 Å². The maximum atomic E-state index is 4.41. The van der Waals surface area contributed by atoms with Gasteiger partial charge < -0.3 is 4.98 Å². The molecular formula is C17H12N2. The molecule has 0 aliphatic carbocycles. The monoisotopic (exact) mass is 244 g/mol. The van der Waals surface area contributed by atoms with Gasteiger partial charge in [-0.1, -0.05) is 30.3 Å². The van der Waals surface area contributed by atoms with Crippen LogP contribution in [0, 0.1) is 0 Å². The number of para-hydroxylation sites is 1. The first kappa shape index (κ1) is 10.3. The van der Waals surface area contributed by atoms with Crippen LogP contribution in [-0.2, 0) is 0 Å². The number of aromatic amines is 1. The summed E-state index contributed by atoms with van der Waals surface area (Å²) >= 11 is 0. The van der Waals surface area contributed by atoms with Crippen molar-refractivity contribution in [2.24, 2.45) is 0 Å². The summed E-state index contributed by atoms with van der Waals surface area (Å²) in [6.45, 7) is 0. The predicted molar refractivity (Wildman–Crippen MR) is 79.0 cm³/mol. The van der Waals surface area contributed by atoms with Gasteiger partial charge in [0.25, 0.3) is 0 Å². The normalized spacial score (nSPS) is 11.2. The van der Waals surface area contributed by atoms with Crippen LogP contribution in [0.2, 0.25) is 0 Å². The number of benzene rings is 2. The van der Waals surface area contributed by atoms with Gasteiger partial charge >= 0.3 is 0 Å². The number of nitrogens with one attached hydrogen (secondary N) is 1. The van der Waals surface area contributed by atoms with Gasteiger partial charge in [0.05, 0.1) is 5.69 Å². The summed E-state index contributed by atoms with van der Waals surface area (Å²) in [6.07, 6.45) is 1.83. The van der Waals surface area contributed by atoms with Crippen molar-refractivity contribution in [3.05, 3.63) is 66.9 Å². The van der Waals surface area contributed by atoms with Gasteiger partial charge in [-0.3, -0.25) is 4.98 Å². The highest BCUT2D eigenvalue weighted by atomic mass is 14.7. The van der Waals surface area contributed by atoms with Crippen molar-refractivity contribution < 1.29 is 0 Å². The van der Waals surface area contributed by atoms with E-state index in [0.29, 0.717) is 0 Å². The Kier molecular flexibility index (Phi) is 2.15. The molecular weight excluding hydrogens is 232 g/mol. The fourth-order valence-electron chi connectivity index (χ4n) is 2.54. The fraction of sp³-hybridized carbons (Fsp3) is 0. The van der Waals surface area contributed by atoms with Gasteiger partial charge in [-0.25, -0.2) is 0 Å². The van der Waals surface area contributed by atoms with Gasteiger partial charge in [0.15, 0.2) is 0 Å². The molecule has 0 unspecified atom stereocenters. The third-order valence-corrected chi connectivity index (χ3v) is 3.47. The van der Waals surface area contributed by atoms with Crippen molar-refractivity contribution in [2.45, 2.75) is 0 Å². The lowest BCUT2D eigenvalue weighted by Crippen LogP contribution is -1.81. The highest BCUT2D eigenvalue weighted by molar-refractivity contribution is 6.08. The Morgan fingerprint density at radius 2 is 1.58 bits per heavy atom. The average molecular weight is 244 g/mol. The van der Waals surface area contributed by atoms with Crippen LogP contribution in [0.3, 0.4) is 0 Å². The number of nitrogens with zero attached hydrogens (tertiary/aromatic N) is 1. The molecule has 4 rings (SSSR count). The second kappa shape index (κ2) is 3.95. The van der Waals surface area contributed by atoms with Crippen LogP contribution in [-0.4, -0.2) is 9.97 Å². The van der Waals surface area contributed by atoms with Crippen molar-refractivity contribution in [3.63, 3.8) is 0 Å². The van der Waals surface area contributed by atoms with Crippen molar-refractivity contribution in [1.82, 2.24) is 9.97 Å². The van der Waals surface area contributed by atoms with Gasteiger partial charge in [-0.2, -0.15) is 0 Å². The molecule has 0 amide bonds. The average Bonchev–Trinajstić information content (AvgIpc) is 2.86. The number of fused-ring (bicyclic) bond motifs is 3. The SMILES string of the molecule is c1ccc(-c2ccc3[nH]c4ccccc4c3c2)nc1. The molecule has 19 heavy (non-hydrogen) atoms. The van der Waals surface area contributed by atoms with E-state index in [2.05, 4.69) is 52.4 Å². The molecule has 2 heterocycles. The number of rotatable bonds is 1. The van der Waals surface area contributed by atoms with E-state index in [0.717, 1.165) is 11.3 Å². The van der Waals surface area contributed by atoms with Gasteiger partial charge in [0, 0.05) is 33.6 Å². The Balaban J connectivity index is 2.03. The largest absolute Gasteiger partial charge is 0.355 e. The van der Waals surface area contributed by atoms with Crippen LogP contribution in [0.15, 0.2) is 66.9 Å². The highest BCUT2D eigenvalue weighted by Crippen LogP contribution is 2.28. The lowest BCUT2D eigenvalue weighted by molar-refractivity contribution is 1.33. The zero-order valence-corrected chi connectivity index (χ0v) is 10.3. The molecule has 2 aromatic carbocycles. The van der Waals surface area contributed by atoms with Crippen LogP contribution in [0.4, 0.5) is 0 Å². The Hall–Kier alpha value is -2.61. The third-order valence-electron chi connectivity index (χ3n) is 3.47. The van der Waals surface area contributed by atoms with E-state index in [1.54, 1.807) is 0 Å². The van der Waals surface area contributed by atoms with Crippen LogP contribution < -0.4 is 0 Å². The Morgan fingerprint density at radius 1 is 0.737 bits per heavy atom. The van der Waals surface area contributed by atoms with E-state index in [1.165, 1.54) is 21.8 Å². The van der Waals surface area contributed by atoms with Gasteiger partial charge in [0.2, 0.25) is 0 Å². The molecule has 2 nitrogen and oxygen atoms in total. The zero-order valence-electron chi connectivity index (χ0n) is 10.3. The number of pyridine rings is 1. The Labute approximate surface area is 110 Å². The van der Waals surface area contributed by atoms with E-state index >= 15 is 0 Å². The number of aromatic nitrogens is 2. The first-order valence-electron chi connectivity index (χ1n) is 6.34. The van der Waals surface area contributed by atoms with E-state index < -0.39 is 0 Å². The molecule has 0 atom stereocenters. The lowest BCUT2D eigenvalue weighted by Gasteiger charge is -2.00. The second-order valence-corrected chi connectivity index (χ2v) is 4.65. The van der Waals surface area contributed by atoms with Gasteiger partial charge in [-0.05, 0) is 30.3 Å². The molecule has 90 valence electrons. The summed E-state index contributed by atoms with van der Waals surface area (Å²) < 4.78 is 0. The third kappa shape index (κ3) is 1.61. The van der Waals surface area contributed by atoms with E-state index in [-0.39, 0.29) is 0 Å². The summed E-state index contributed by atoms with van der Waals surface area (Å²) in [5.74, 6) is 0. The van der Waals surface area contributed by atoms with Crippen molar-refractivity contribution in [3.8, 4) is 11.3 Å². The summed E-state index contributed by atoms with van der Waals surface area (Å²) in [6, 6.07) is 20.8. The van der Waals surface area contributed by atoms with Crippen LogP contribution in [0.5, 0.6) is 0 Å². The first-order chi connectivity index (χ1) is 9.42. The molecule has 2 heteroatoms. The molecule has 1 N–H and O–H groups in total. The second-order valence-electron chi connectivity index (χ2n) is 4.65. The summed E-state index contributed by atoms with van der Waals surface area (Å²) in [7, 11) is 0. The standard InChI is InChI=1S/C17H12N2/c1-2-7-16-13(5-1)14-11-12(8-9-17(14)19-16)15-6-3-4-10-18-15/h1-11,19H. The fourth-order valence-corrected chi connectivity index (χ4v) is 2.54. The molecule has 2 aromatic heterocycles. The Morgan fingerprint density at radius 3 is 2.47 bits per heavy atom. The van der Waals surface area contributed by atoms with Gasteiger partial charge in [-0.15, -0.1) is 0 Å². The molecule has 0 saturated heterocycles. The zero-order chi connectivity index (χ0) is 12.7. The number of hydrogen-bond donors (Lipinski definition) is 1. The first-order valence-corrected chi connectivity index (χ1v) is 6.34. The molecule has 0 spiro atoms. The smallest absolute Gasteiger partial charge is 0.0702 e. The predicted octanol–water partition coefficient (Wildman–Crippen LogP) is 4.38. The van der Waals surface area contributed by atoms with E-state index in [1.807, 2.05) is 24.4 Å². The minimum Gasteiger partial charge on any atom is -0.355 e. The quantitative estimate of drug-likeness (QED) is 0.528. The molecule has 0 fully saturated rings. The minimum absolute atomic E-state index is 1.01. The van der Waals surface area contributed by atoms with E-state index in [4.69, 9.17) is 0 Å². The molecule has 0 aliphatic heterocycles. The number of hydrogen-bond acceptors (Lipinski definition) is 1. The van der Waals surface area contributed by atoms with E-state index in [9.17, 15) is 0 Å². The maximum Gasteiger partial charge on any atom is 0.0702 e. The minimum atomic E-state index is 1.01. The van der Waals surface area contributed by atoms with Gasteiger partial charge in [0.1, 0.15) is 0 Å². The van der Waals surface area contributed by atoms with Crippen molar-refractivity contribution in [2.75, 3.05) is 0 Å². The number of H-pyrrole nitrogens is 1. The molecule has 0 saturated carbocycles. The molecule has 0 aliphatic rings. The maximum absolute atomic E-state index is 4.41. The Bertz CT molecular complexity index is 860. The summed E-state index contributed by atoms with van der Waals surface area (Å²) in [4.78, 5) is 7.85. The topological polar surface area (TPSA) is 28.7 Å². The highest BCUT2D eigenvalue weighted by Gasteiger charge is 2.05.